The molecule has 7 heteroatoms. The van der Waals surface area contributed by atoms with Crippen LogP contribution in [0, 0.1) is 0 Å². The van der Waals surface area contributed by atoms with Crippen molar-refractivity contribution >= 4 is 46.3 Å². The Balaban J connectivity index is 1.40. The van der Waals surface area contributed by atoms with Gasteiger partial charge in [0.15, 0.2) is 4.80 Å². The number of aryl methyl sites for hydroxylation is 1. The number of fused-ring (bicyclic) bond motifs is 3. The van der Waals surface area contributed by atoms with Crippen molar-refractivity contribution in [1.29, 1.82) is 0 Å². The minimum Gasteiger partial charge on any atom is -0.457 e. The first-order valence-corrected chi connectivity index (χ1v) is 13.9. The molecule has 186 valence electrons. The second-order valence-electron chi connectivity index (χ2n) is 9.33. The minimum atomic E-state index is -0.199. The Labute approximate surface area is 232 Å². The van der Waals surface area contributed by atoms with E-state index in [-0.39, 0.29) is 11.6 Å². The molecule has 1 atom stereocenters. The topological polar surface area (TPSA) is 47.5 Å². The second kappa shape index (κ2) is 9.28. The van der Waals surface area contributed by atoms with E-state index in [4.69, 9.17) is 32.6 Å². The van der Waals surface area contributed by atoms with E-state index < -0.39 is 0 Å². The lowest BCUT2D eigenvalue weighted by Gasteiger charge is -2.30. The lowest BCUT2D eigenvalue weighted by Crippen LogP contribution is -2.38. The van der Waals surface area contributed by atoms with Gasteiger partial charge in [-0.15, -0.1) is 0 Å². The van der Waals surface area contributed by atoms with E-state index in [1.807, 2.05) is 47.0 Å². The number of furan rings is 1. The van der Waals surface area contributed by atoms with Crippen molar-refractivity contribution in [3.63, 3.8) is 0 Å². The maximum Gasteiger partial charge on any atom is 0.271 e. The molecular formula is C31H20Cl2N2O2S. The monoisotopic (exact) mass is 554 g/mol. The zero-order valence-corrected chi connectivity index (χ0v) is 22.4. The average molecular weight is 555 g/mol. The average Bonchev–Trinajstić information content (AvgIpc) is 3.53. The minimum absolute atomic E-state index is 0.0771. The number of nitrogens with zero attached hydrogens (tertiary/aromatic N) is 2. The van der Waals surface area contributed by atoms with Crippen molar-refractivity contribution in [3.05, 3.63) is 143 Å². The molecule has 0 fully saturated rings. The second-order valence-corrected chi connectivity index (χ2v) is 11.1. The number of thiazole rings is 1. The summed E-state index contributed by atoms with van der Waals surface area (Å²) in [6.45, 7) is 0. The van der Waals surface area contributed by atoms with Crippen LogP contribution >= 0.6 is 34.5 Å². The third-order valence-corrected chi connectivity index (χ3v) is 8.91. The van der Waals surface area contributed by atoms with Crippen LogP contribution in [0.1, 0.15) is 34.9 Å². The fourth-order valence-corrected chi connectivity index (χ4v) is 6.73. The summed E-state index contributed by atoms with van der Waals surface area (Å²) in [5.74, 6) is 1.15. The molecule has 1 aliphatic carbocycles. The highest BCUT2D eigenvalue weighted by Crippen LogP contribution is 2.41. The third kappa shape index (κ3) is 3.81. The summed E-state index contributed by atoms with van der Waals surface area (Å²) in [7, 11) is 0. The van der Waals surface area contributed by atoms with Gasteiger partial charge >= 0.3 is 0 Å². The molecule has 0 radical (unpaired) electrons. The molecule has 3 heterocycles. The summed E-state index contributed by atoms with van der Waals surface area (Å²) in [5, 5.41) is 0.894. The standard InChI is InChI=1S/C31H20Cl2N2O2S/c32-24-12-6-11-22(27(24)33)25-16-14-20(37-25)17-26-30(36)35-29(19-8-2-1-3-9-19)23-15-13-18-7-4-5-10-21(18)28(23)34-31(35)38-26/h1-12,14,16-17,29H,13,15H2/b26-17-/t29-/m0/s1. The first-order chi connectivity index (χ1) is 18.6. The van der Waals surface area contributed by atoms with Gasteiger partial charge in [0.1, 0.15) is 11.5 Å². The highest BCUT2D eigenvalue weighted by atomic mass is 35.5. The van der Waals surface area contributed by atoms with Crippen LogP contribution in [0.2, 0.25) is 10.0 Å². The Morgan fingerprint density at radius 1 is 0.895 bits per heavy atom. The SMILES string of the molecule is O=c1/c(=C/c2ccc(-c3cccc(Cl)c3Cl)o2)sc2n1[C@@H](c1ccccc1)C1=C(N=2)c2ccccc2CC1. The Morgan fingerprint density at radius 3 is 2.55 bits per heavy atom. The van der Waals surface area contributed by atoms with Crippen molar-refractivity contribution in [1.82, 2.24) is 4.57 Å². The number of aromatic nitrogens is 1. The summed E-state index contributed by atoms with van der Waals surface area (Å²) in [5.41, 5.74) is 6.33. The molecule has 7 rings (SSSR count). The van der Waals surface area contributed by atoms with Gasteiger partial charge < -0.3 is 4.42 Å². The van der Waals surface area contributed by atoms with Crippen LogP contribution in [0.25, 0.3) is 23.1 Å². The molecule has 0 bridgehead atoms. The molecule has 1 aliphatic heterocycles. The first kappa shape index (κ1) is 23.5. The highest BCUT2D eigenvalue weighted by molar-refractivity contribution is 7.07. The molecule has 2 aromatic heterocycles. The van der Waals surface area contributed by atoms with Gasteiger partial charge in [0, 0.05) is 17.2 Å². The van der Waals surface area contributed by atoms with Crippen molar-refractivity contribution < 1.29 is 4.42 Å². The number of allylic oxidation sites excluding steroid dienone is 1. The summed E-state index contributed by atoms with van der Waals surface area (Å²) >= 11 is 14.0. The van der Waals surface area contributed by atoms with E-state index in [0.717, 1.165) is 29.7 Å². The van der Waals surface area contributed by atoms with Crippen molar-refractivity contribution in [2.75, 3.05) is 0 Å². The van der Waals surface area contributed by atoms with Crippen LogP contribution in [0.5, 0.6) is 0 Å². The Hall–Kier alpha value is -3.64. The lowest BCUT2D eigenvalue weighted by atomic mass is 9.83. The highest BCUT2D eigenvalue weighted by Gasteiger charge is 2.32. The third-order valence-electron chi connectivity index (χ3n) is 7.11. The maximum atomic E-state index is 13.9. The van der Waals surface area contributed by atoms with Crippen molar-refractivity contribution in [3.8, 4) is 11.3 Å². The number of rotatable bonds is 3. The number of halogens is 2. The maximum absolute atomic E-state index is 13.9. The quantitative estimate of drug-likeness (QED) is 0.244. The van der Waals surface area contributed by atoms with Gasteiger partial charge in [0.25, 0.3) is 5.56 Å². The predicted octanol–water partition coefficient (Wildman–Crippen LogP) is 6.89. The molecule has 0 spiro atoms. The van der Waals surface area contributed by atoms with Crippen LogP contribution in [0.4, 0.5) is 0 Å². The molecule has 5 aromatic rings. The Kier molecular flexibility index (Phi) is 5.73. The van der Waals surface area contributed by atoms with E-state index >= 15 is 0 Å². The first-order valence-electron chi connectivity index (χ1n) is 12.3. The van der Waals surface area contributed by atoms with E-state index in [9.17, 15) is 4.79 Å². The van der Waals surface area contributed by atoms with Crippen molar-refractivity contribution in [2.45, 2.75) is 18.9 Å². The molecule has 2 aliphatic rings. The van der Waals surface area contributed by atoms with Crippen LogP contribution in [0.3, 0.4) is 0 Å². The molecule has 0 unspecified atom stereocenters. The molecule has 0 saturated heterocycles. The molecule has 0 amide bonds. The van der Waals surface area contributed by atoms with Gasteiger partial charge in [0.2, 0.25) is 0 Å². The van der Waals surface area contributed by atoms with E-state index in [1.54, 1.807) is 12.1 Å². The van der Waals surface area contributed by atoms with E-state index in [1.165, 1.54) is 22.5 Å². The zero-order valence-electron chi connectivity index (χ0n) is 20.0. The fraction of sp³-hybridized carbons (Fsp3) is 0.0968. The Morgan fingerprint density at radius 2 is 1.68 bits per heavy atom. The number of hydrogen-bond acceptors (Lipinski definition) is 4. The smallest absolute Gasteiger partial charge is 0.271 e. The van der Waals surface area contributed by atoms with Crippen molar-refractivity contribution in [2.24, 2.45) is 4.99 Å². The number of benzene rings is 3. The normalized spacial score (nSPS) is 16.6. The summed E-state index contributed by atoms with van der Waals surface area (Å²) in [6.07, 6.45) is 3.57. The number of hydrogen-bond donors (Lipinski definition) is 0. The zero-order chi connectivity index (χ0) is 25.8. The van der Waals surface area contributed by atoms with Crippen LogP contribution in [-0.2, 0) is 6.42 Å². The van der Waals surface area contributed by atoms with E-state index in [2.05, 4.69) is 36.4 Å². The van der Waals surface area contributed by atoms with Crippen LogP contribution in [0.15, 0.2) is 105 Å². The van der Waals surface area contributed by atoms with Gasteiger partial charge in [0.05, 0.1) is 26.3 Å². The predicted molar refractivity (Wildman–Crippen MR) is 153 cm³/mol. The summed E-state index contributed by atoms with van der Waals surface area (Å²) in [6, 6.07) is 27.5. The van der Waals surface area contributed by atoms with Gasteiger partial charge in [-0.2, -0.15) is 0 Å². The Bertz CT molecular complexity index is 1930. The molecule has 38 heavy (non-hydrogen) atoms. The van der Waals surface area contributed by atoms with Gasteiger partial charge in [-0.05, 0) is 53.8 Å². The fourth-order valence-electron chi connectivity index (χ4n) is 5.36. The van der Waals surface area contributed by atoms with E-state index in [0.29, 0.717) is 36.5 Å². The molecule has 0 saturated carbocycles. The van der Waals surface area contributed by atoms with Gasteiger partial charge in [-0.3, -0.25) is 9.36 Å². The van der Waals surface area contributed by atoms with Crippen LogP contribution in [-0.4, -0.2) is 4.57 Å². The van der Waals surface area contributed by atoms with Crippen LogP contribution < -0.4 is 14.9 Å². The summed E-state index contributed by atoms with van der Waals surface area (Å²) in [4.78, 5) is 19.6. The van der Waals surface area contributed by atoms with Gasteiger partial charge in [-0.25, -0.2) is 4.99 Å². The lowest BCUT2D eigenvalue weighted by molar-refractivity contribution is 0.570. The van der Waals surface area contributed by atoms with Gasteiger partial charge in [-0.1, -0.05) is 95.2 Å². The molecule has 0 N–H and O–H groups in total. The molecule has 3 aromatic carbocycles. The molecule has 4 nitrogen and oxygen atoms in total. The largest absolute Gasteiger partial charge is 0.457 e. The molecular weight excluding hydrogens is 535 g/mol. The summed E-state index contributed by atoms with van der Waals surface area (Å²) < 4.78 is 8.48.